The van der Waals surface area contributed by atoms with Crippen molar-refractivity contribution in [1.29, 1.82) is 0 Å². The number of amides is 3. The highest BCUT2D eigenvalue weighted by Gasteiger charge is 2.26. The fourth-order valence-corrected chi connectivity index (χ4v) is 2.59. The minimum atomic E-state index is -0.718. The van der Waals surface area contributed by atoms with E-state index < -0.39 is 18.0 Å². The Morgan fingerprint density at radius 3 is 2.37 bits per heavy atom. The van der Waals surface area contributed by atoms with Gasteiger partial charge in [0, 0.05) is 12.6 Å². The maximum absolute atomic E-state index is 12.6. The fourth-order valence-electron chi connectivity index (χ4n) is 2.59. The Kier molecular flexibility index (Phi) is 9.39. The molecule has 2 unspecified atom stereocenters. The number of ether oxygens (including phenoxy) is 1. The molecule has 0 bridgehead atoms. The van der Waals surface area contributed by atoms with Gasteiger partial charge in [0.2, 0.25) is 5.91 Å². The molecule has 0 fully saturated rings. The molecule has 0 saturated carbocycles. The molecule has 0 aliphatic rings. The van der Waals surface area contributed by atoms with Gasteiger partial charge in [0.1, 0.15) is 6.04 Å². The molecule has 1 heterocycles. The quantitative estimate of drug-likeness (QED) is 0.576. The first-order valence-corrected chi connectivity index (χ1v) is 9.29. The van der Waals surface area contributed by atoms with Crippen LogP contribution in [0.25, 0.3) is 0 Å². The summed E-state index contributed by atoms with van der Waals surface area (Å²) in [7, 11) is 0. The van der Waals surface area contributed by atoms with Gasteiger partial charge in [-0.2, -0.15) is 0 Å². The van der Waals surface area contributed by atoms with E-state index in [1.807, 2.05) is 27.7 Å². The average Bonchev–Trinajstić information content (AvgIpc) is 3.11. The monoisotopic (exact) mass is 381 g/mol. The lowest BCUT2D eigenvalue weighted by Crippen LogP contribution is -2.52. The molecular formula is C19H31N3O5. The summed E-state index contributed by atoms with van der Waals surface area (Å²) in [5, 5.41) is 8.26. The summed E-state index contributed by atoms with van der Waals surface area (Å²) in [6.45, 7) is 10.00. The van der Waals surface area contributed by atoms with Crippen molar-refractivity contribution in [2.45, 2.75) is 53.1 Å². The van der Waals surface area contributed by atoms with E-state index in [9.17, 15) is 14.4 Å². The predicted octanol–water partition coefficient (Wildman–Crippen LogP) is 2.31. The Labute approximate surface area is 160 Å². The lowest BCUT2D eigenvalue weighted by atomic mass is 10.0. The molecular weight excluding hydrogens is 350 g/mol. The van der Waals surface area contributed by atoms with Crippen molar-refractivity contribution in [2.24, 2.45) is 11.8 Å². The molecule has 0 aliphatic carbocycles. The summed E-state index contributed by atoms with van der Waals surface area (Å²) in [5.41, 5.74) is 0. The minimum absolute atomic E-state index is 0.120. The van der Waals surface area contributed by atoms with Crippen LogP contribution in [0, 0.1) is 11.8 Å². The molecule has 3 N–H and O–H groups in total. The van der Waals surface area contributed by atoms with Crippen LogP contribution in [-0.4, -0.2) is 43.1 Å². The van der Waals surface area contributed by atoms with Gasteiger partial charge in [-0.15, -0.1) is 0 Å². The van der Waals surface area contributed by atoms with Crippen molar-refractivity contribution in [3.8, 4) is 0 Å². The fraction of sp³-hybridized carbons (Fsp3) is 0.632. The molecule has 1 aromatic rings. The maximum atomic E-state index is 12.6. The van der Waals surface area contributed by atoms with Crippen LogP contribution < -0.4 is 16.0 Å². The van der Waals surface area contributed by atoms with E-state index in [4.69, 9.17) is 9.15 Å². The normalized spacial score (nSPS) is 13.1. The van der Waals surface area contributed by atoms with Crippen LogP contribution in [0.3, 0.4) is 0 Å². The van der Waals surface area contributed by atoms with E-state index in [0.29, 0.717) is 12.3 Å². The van der Waals surface area contributed by atoms with Gasteiger partial charge in [0.05, 0.1) is 12.9 Å². The number of hydrogen-bond donors (Lipinski definition) is 3. The Bertz CT molecular complexity index is 598. The highest BCUT2D eigenvalue weighted by molar-refractivity contribution is 5.95. The number of nitrogens with one attached hydrogen (secondary N) is 3. The topological polar surface area (TPSA) is 110 Å². The van der Waals surface area contributed by atoms with Crippen molar-refractivity contribution >= 4 is 17.9 Å². The standard InChI is InChI=1S/C19H31N3O5/c1-6-26-19(25)21-14(10-12(2)3)11-20-18(24)16(13(4)5)22-17(23)15-8-7-9-27-15/h7-9,12-14,16H,6,10-11H2,1-5H3,(H,20,24)(H,21,25)(H,22,23). The van der Waals surface area contributed by atoms with E-state index >= 15 is 0 Å². The summed E-state index contributed by atoms with van der Waals surface area (Å²) in [5.74, 6) is -0.407. The summed E-state index contributed by atoms with van der Waals surface area (Å²) in [6, 6.07) is 2.16. The van der Waals surface area contributed by atoms with E-state index in [0.717, 1.165) is 0 Å². The maximum Gasteiger partial charge on any atom is 0.407 e. The molecule has 3 amide bonds. The number of furan rings is 1. The number of rotatable bonds is 10. The molecule has 0 aliphatic heterocycles. The second kappa shape index (κ2) is 11.3. The zero-order valence-corrected chi connectivity index (χ0v) is 16.7. The van der Waals surface area contributed by atoms with Crippen LogP contribution in [0.2, 0.25) is 0 Å². The SMILES string of the molecule is CCOC(=O)NC(CNC(=O)C(NC(=O)c1ccco1)C(C)C)CC(C)C. The molecule has 0 radical (unpaired) electrons. The van der Waals surface area contributed by atoms with Crippen molar-refractivity contribution in [1.82, 2.24) is 16.0 Å². The van der Waals surface area contributed by atoms with Gasteiger partial charge in [-0.05, 0) is 37.3 Å². The van der Waals surface area contributed by atoms with Gasteiger partial charge in [-0.1, -0.05) is 27.7 Å². The summed E-state index contributed by atoms with van der Waals surface area (Å²) < 4.78 is 9.97. The zero-order chi connectivity index (χ0) is 20.4. The van der Waals surface area contributed by atoms with Crippen LogP contribution in [0.1, 0.15) is 51.6 Å². The lowest BCUT2D eigenvalue weighted by molar-refractivity contribution is -0.124. The van der Waals surface area contributed by atoms with E-state index in [1.54, 1.807) is 13.0 Å². The van der Waals surface area contributed by atoms with Crippen molar-refractivity contribution < 1.29 is 23.5 Å². The highest BCUT2D eigenvalue weighted by atomic mass is 16.5. The minimum Gasteiger partial charge on any atom is -0.459 e. The Hall–Kier alpha value is -2.51. The Morgan fingerprint density at radius 2 is 1.85 bits per heavy atom. The second-order valence-corrected chi connectivity index (χ2v) is 7.11. The summed E-state index contributed by atoms with van der Waals surface area (Å²) >= 11 is 0. The van der Waals surface area contributed by atoms with E-state index in [2.05, 4.69) is 16.0 Å². The molecule has 0 spiro atoms. The average molecular weight is 381 g/mol. The number of carbonyl (C=O) groups is 3. The van der Waals surface area contributed by atoms with E-state index in [-0.39, 0.29) is 36.8 Å². The van der Waals surface area contributed by atoms with Crippen LogP contribution in [0.15, 0.2) is 22.8 Å². The van der Waals surface area contributed by atoms with Crippen LogP contribution in [0.5, 0.6) is 0 Å². The molecule has 152 valence electrons. The van der Waals surface area contributed by atoms with Gasteiger partial charge in [-0.25, -0.2) is 4.79 Å². The molecule has 1 aromatic heterocycles. The first kappa shape index (κ1) is 22.5. The van der Waals surface area contributed by atoms with Crippen LogP contribution >= 0.6 is 0 Å². The third kappa shape index (κ3) is 8.15. The molecule has 8 heteroatoms. The highest BCUT2D eigenvalue weighted by Crippen LogP contribution is 2.07. The summed E-state index contributed by atoms with van der Waals surface area (Å²) in [4.78, 5) is 36.4. The van der Waals surface area contributed by atoms with Gasteiger partial charge in [0.25, 0.3) is 5.91 Å². The molecule has 0 saturated heterocycles. The first-order chi connectivity index (χ1) is 12.7. The van der Waals surface area contributed by atoms with Crippen molar-refractivity contribution in [3.63, 3.8) is 0 Å². The third-order valence-electron chi connectivity index (χ3n) is 3.86. The molecule has 27 heavy (non-hydrogen) atoms. The number of hydrogen-bond acceptors (Lipinski definition) is 5. The Balaban J connectivity index is 2.66. The lowest BCUT2D eigenvalue weighted by Gasteiger charge is -2.24. The smallest absolute Gasteiger partial charge is 0.407 e. The first-order valence-electron chi connectivity index (χ1n) is 9.29. The second-order valence-electron chi connectivity index (χ2n) is 7.11. The van der Waals surface area contributed by atoms with Gasteiger partial charge < -0.3 is 25.1 Å². The number of carbonyl (C=O) groups excluding carboxylic acids is 3. The zero-order valence-electron chi connectivity index (χ0n) is 16.7. The molecule has 1 rings (SSSR count). The third-order valence-corrected chi connectivity index (χ3v) is 3.86. The van der Waals surface area contributed by atoms with Crippen LogP contribution in [0.4, 0.5) is 4.79 Å². The van der Waals surface area contributed by atoms with E-state index in [1.165, 1.54) is 12.3 Å². The number of alkyl carbamates (subject to hydrolysis) is 1. The van der Waals surface area contributed by atoms with Crippen molar-refractivity contribution in [3.05, 3.63) is 24.2 Å². The molecule has 0 aromatic carbocycles. The summed E-state index contributed by atoms with van der Waals surface area (Å²) in [6.07, 6.45) is 1.57. The van der Waals surface area contributed by atoms with Gasteiger partial charge in [-0.3, -0.25) is 9.59 Å². The Morgan fingerprint density at radius 1 is 1.15 bits per heavy atom. The molecule has 8 nitrogen and oxygen atoms in total. The molecule has 2 atom stereocenters. The largest absolute Gasteiger partial charge is 0.459 e. The van der Waals surface area contributed by atoms with Gasteiger partial charge >= 0.3 is 6.09 Å². The van der Waals surface area contributed by atoms with Crippen molar-refractivity contribution in [2.75, 3.05) is 13.2 Å². The van der Waals surface area contributed by atoms with Gasteiger partial charge in [0.15, 0.2) is 5.76 Å². The van der Waals surface area contributed by atoms with Crippen LogP contribution in [-0.2, 0) is 9.53 Å². The predicted molar refractivity (Wildman–Crippen MR) is 101 cm³/mol.